The molecule has 0 rings (SSSR count). The topological polar surface area (TPSA) is 83.6 Å². The second-order valence-corrected chi connectivity index (χ2v) is 6.63. The zero-order chi connectivity index (χ0) is 17.3. The minimum atomic E-state index is -1.23. The average Bonchev–Trinajstić information content (AvgIpc) is 2.52. The Morgan fingerprint density at radius 1 is 0.826 bits per heavy atom. The number of hydrogen-bond donors (Lipinski definition) is 2. The van der Waals surface area contributed by atoms with Crippen LogP contribution in [0.15, 0.2) is 0 Å². The zero-order valence-electron chi connectivity index (χ0n) is 14.9. The first-order chi connectivity index (χ1) is 11.1. The highest BCUT2D eigenvalue weighted by Crippen LogP contribution is 2.14. The number of hydrogen-bond acceptors (Lipinski definition) is 4. The van der Waals surface area contributed by atoms with Crippen LogP contribution in [0.5, 0.6) is 0 Å². The lowest BCUT2D eigenvalue weighted by Gasteiger charge is -2.13. The van der Waals surface area contributed by atoms with Gasteiger partial charge in [0.2, 0.25) is 0 Å². The van der Waals surface area contributed by atoms with Crippen molar-refractivity contribution in [2.75, 3.05) is 6.61 Å². The predicted molar refractivity (Wildman–Crippen MR) is 94.2 cm³/mol. The predicted octanol–water partition coefficient (Wildman–Crippen LogP) is 4.47. The molecule has 5 nitrogen and oxygen atoms in total. The van der Waals surface area contributed by atoms with E-state index >= 15 is 0 Å². The molecular formula is C18H37NO4. The summed E-state index contributed by atoms with van der Waals surface area (Å²) in [6.45, 7) is 1.65. The van der Waals surface area contributed by atoms with E-state index in [-0.39, 0.29) is 0 Å². The van der Waals surface area contributed by atoms with Crippen LogP contribution in [-0.4, -0.2) is 33.9 Å². The summed E-state index contributed by atoms with van der Waals surface area (Å²) < 4.78 is 0. The second kappa shape index (κ2) is 16.2. The van der Waals surface area contributed by atoms with Gasteiger partial charge in [-0.05, 0) is 6.42 Å². The number of unbranched alkanes of at least 4 members (excludes halogenated alkanes) is 12. The first-order valence-electron chi connectivity index (χ1n) is 9.55. The van der Waals surface area contributed by atoms with Crippen LogP contribution in [0.3, 0.4) is 0 Å². The molecule has 0 spiro atoms. The van der Waals surface area contributed by atoms with Gasteiger partial charge in [-0.3, -0.25) is 10.1 Å². The number of aliphatic hydroxyl groups is 2. The van der Waals surface area contributed by atoms with Gasteiger partial charge < -0.3 is 10.2 Å². The first-order valence-corrected chi connectivity index (χ1v) is 9.55. The van der Waals surface area contributed by atoms with Gasteiger partial charge in [-0.25, -0.2) is 0 Å². The molecule has 0 fully saturated rings. The van der Waals surface area contributed by atoms with E-state index in [9.17, 15) is 15.2 Å². The van der Waals surface area contributed by atoms with Crippen molar-refractivity contribution in [2.45, 2.75) is 109 Å². The fourth-order valence-corrected chi connectivity index (χ4v) is 2.89. The summed E-state index contributed by atoms with van der Waals surface area (Å²) in [6.07, 6.45) is 15.6. The van der Waals surface area contributed by atoms with Crippen LogP contribution in [-0.2, 0) is 0 Å². The van der Waals surface area contributed by atoms with Crippen LogP contribution < -0.4 is 0 Å². The standard InChI is InChI=1S/C18H37NO4/c1-2-3-4-5-6-7-8-9-10-11-12-13-14-15-18(21)17(16-20)19(22)23/h17-18,20-21H,2-16H2,1H3/t17-,18+/m0/s1. The fourth-order valence-electron chi connectivity index (χ4n) is 2.89. The van der Waals surface area contributed by atoms with Gasteiger partial charge in [-0.15, -0.1) is 0 Å². The highest BCUT2D eigenvalue weighted by molar-refractivity contribution is 4.67. The molecule has 0 amide bonds. The van der Waals surface area contributed by atoms with Gasteiger partial charge in [0.25, 0.3) is 6.04 Å². The second-order valence-electron chi connectivity index (χ2n) is 6.63. The Morgan fingerprint density at radius 3 is 1.57 bits per heavy atom. The molecule has 23 heavy (non-hydrogen) atoms. The molecule has 0 aromatic heterocycles. The van der Waals surface area contributed by atoms with Gasteiger partial charge in [0.05, 0.1) is 0 Å². The molecule has 0 aromatic rings. The summed E-state index contributed by atoms with van der Waals surface area (Å²) in [5, 5.41) is 29.1. The van der Waals surface area contributed by atoms with Crippen molar-refractivity contribution < 1.29 is 15.1 Å². The van der Waals surface area contributed by atoms with E-state index < -0.39 is 23.7 Å². The van der Waals surface area contributed by atoms with Gasteiger partial charge in [0.15, 0.2) is 0 Å². The highest BCUT2D eigenvalue weighted by atomic mass is 16.6. The third-order valence-corrected chi connectivity index (χ3v) is 4.51. The van der Waals surface area contributed by atoms with Gasteiger partial charge in [0.1, 0.15) is 12.7 Å². The highest BCUT2D eigenvalue weighted by Gasteiger charge is 2.28. The molecule has 0 aliphatic heterocycles. The summed E-state index contributed by atoms with van der Waals surface area (Å²) in [6, 6.07) is -1.23. The summed E-state index contributed by atoms with van der Waals surface area (Å²) in [5.74, 6) is 0. The number of nitro groups is 1. The number of aliphatic hydroxyl groups excluding tert-OH is 2. The molecule has 0 saturated carbocycles. The summed E-state index contributed by atoms with van der Waals surface area (Å²) in [7, 11) is 0. The van der Waals surface area contributed by atoms with E-state index in [2.05, 4.69) is 6.92 Å². The number of rotatable bonds is 17. The van der Waals surface area contributed by atoms with E-state index in [0.29, 0.717) is 6.42 Å². The van der Waals surface area contributed by atoms with Crippen LogP contribution in [0, 0.1) is 10.1 Å². The minimum absolute atomic E-state index is 0.407. The van der Waals surface area contributed by atoms with Crippen LogP contribution in [0.1, 0.15) is 96.8 Å². The van der Waals surface area contributed by atoms with E-state index in [1.54, 1.807) is 0 Å². The van der Waals surface area contributed by atoms with Gasteiger partial charge in [0, 0.05) is 4.92 Å². The minimum Gasteiger partial charge on any atom is -0.389 e. The molecule has 2 N–H and O–H groups in total. The Hall–Kier alpha value is -0.680. The SMILES string of the molecule is CCCCCCCCCCCCCCC[C@@H](O)[C@H](CO)[N+](=O)[O-]. The van der Waals surface area contributed by atoms with E-state index in [1.165, 1.54) is 64.2 Å². The molecule has 0 heterocycles. The zero-order valence-corrected chi connectivity index (χ0v) is 14.9. The Kier molecular flexibility index (Phi) is 15.7. The molecule has 0 saturated heterocycles. The smallest absolute Gasteiger partial charge is 0.261 e. The first kappa shape index (κ1) is 22.3. The van der Waals surface area contributed by atoms with Crippen molar-refractivity contribution in [1.29, 1.82) is 0 Å². The van der Waals surface area contributed by atoms with Crippen LogP contribution >= 0.6 is 0 Å². The molecule has 0 unspecified atom stereocenters. The molecule has 5 heteroatoms. The number of nitrogens with zero attached hydrogens (tertiary/aromatic N) is 1. The van der Waals surface area contributed by atoms with Gasteiger partial charge in [-0.1, -0.05) is 90.4 Å². The van der Waals surface area contributed by atoms with Crippen molar-refractivity contribution in [3.8, 4) is 0 Å². The van der Waals surface area contributed by atoms with Crippen molar-refractivity contribution in [1.82, 2.24) is 0 Å². The maximum Gasteiger partial charge on any atom is 0.261 e. The Bertz CT molecular complexity index is 274. The van der Waals surface area contributed by atoms with Crippen molar-refractivity contribution in [2.24, 2.45) is 0 Å². The van der Waals surface area contributed by atoms with E-state index in [1.807, 2.05) is 0 Å². The van der Waals surface area contributed by atoms with Crippen LogP contribution in [0.25, 0.3) is 0 Å². The maximum absolute atomic E-state index is 10.6. The average molecular weight is 331 g/mol. The van der Waals surface area contributed by atoms with Crippen LogP contribution in [0.2, 0.25) is 0 Å². The molecule has 0 radical (unpaired) electrons. The largest absolute Gasteiger partial charge is 0.389 e. The van der Waals surface area contributed by atoms with Crippen molar-refractivity contribution in [3.63, 3.8) is 0 Å². The monoisotopic (exact) mass is 331 g/mol. The maximum atomic E-state index is 10.6. The summed E-state index contributed by atoms with van der Waals surface area (Å²) in [4.78, 5) is 10.0. The lowest BCUT2D eigenvalue weighted by Crippen LogP contribution is -2.36. The molecule has 0 aliphatic carbocycles. The quantitative estimate of drug-likeness (QED) is 0.234. The van der Waals surface area contributed by atoms with Crippen molar-refractivity contribution in [3.05, 3.63) is 10.1 Å². The summed E-state index contributed by atoms with van der Waals surface area (Å²) >= 11 is 0. The third-order valence-electron chi connectivity index (χ3n) is 4.51. The Morgan fingerprint density at radius 2 is 1.22 bits per heavy atom. The molecule has 2 atom stereocenters. The molecule has 138 valence electrons. The molecule has 0 aliphatic rings. The van der Waals surface area contributed by atoms with Gasteiger partial charge in [-0.2, -0.15) is 0 Å². The Balaban J connectivity index is 3.29. The molecule has 0 bridgehead atoms. The van der Waals surface area contributed by atoms with Gasteiger partial charge >= 0.3 is 0 Å². The lowest BCUT2D eigenvalue weighted by molar-refractivity contribution is -0.537. The summed E-state index contributed by atoms with van der Waals surface area (Å²) in [5.41, 5.74) is 0. The van der Waals surface area contributed by atoms with E-state index in [0.717, 1.165) is 19.3 Å². The molecule has 0 aromatic carbocycles. The van der Waals surface area contributed by atoms with Crippen LogP contribution in [0.4, 0.5) is 0 Å². The fraction of sp³-hybridized carbons (Fsp3) is 1.00. The molecular weight excluding hydrogens is 294 g/mol. The van der Waals surface area contributed by atoms with Crippen molar-refractivity contribution >= 4 is 0 Å². The third kappa shape index (κ3) is 13.5. The lowest BCUT2D eigenvalue weighted by atomic mass is 10.0. The Labute approximate surface area is 141 Å². The van der Waals surface area contributed by atoms with E-state index in [4.69, 9.17) is 5.11 Å². The normalized spacial score (nSPS) is 13.9.